The lowest BCUT2D eigenvalue weighted by atomic mass is 9.84. The molecule has 1 heterocycles. The molecule has 0 aliphatic heterocycles. The number of aromatic nitrogens is 2. The fourth-order valence-corrected chi connectivity index (χ4v) is 4.24. The molecule has 0 spiro atoms. The number of carbonyl (C=O) groups excluding carboxylic acids is 1. The average molecular weight is 520 g/mol. The second-order valence-electron chi connectivity index (χ2n) is 9.92. The van der Waals surface area contributed by atoms with E-state index in [0.29, 0.717) is 23.2 Å². The largest absolute Gasteiger partial charge is 0.394 e. The number of hydrogen-bond donors (Lipinski definition) is 4. The van der Waals surface area contributed by atoms with E-state index in [0.717, 1.165) is 38.2 Å². The molecule has 1 amide bonds. The third kappa shape index (κ3) is 9.66. The molecule has 2 rings (SSSR count). The molecule has 10 heteroatoms. The summed E-state index contributed by atoms with van der Waals surface area (Å²) in [7, 11) is 0. The molecule has 1 fully saturated rings. The maximum atomic E-state index is 14.2. The van der Waals surface area contributed by atoms with Crippen molar-refractivity contribution in [2.75, 3.05) is 22.6 Å². The lowest BCUT2D eigenvalue weighted by Crippen LogP contribution is -2.46. The van der Waals surface area contributed by atoms with Gasteiger partial charge in [-0.3, -0.25) is 4.79 Å². The molecule has 206 valence electrons. The van der Waals surface area contributed by atoms with Crippen molar-refractivity contribution in [2.24, 2.45) is 5.92 Å². The standard InChI is InChI=1S/C27H43F2N7O/c1-7-19(6)34-26(37)20-9-11-23(12-10-20)36(16-32-22(8-2)14-21(29)13-18(5)28)25-24(30)15-31-27(35-25)33-17(3)4/h8,13-15,17,19-21,23,32H,2,7,9-12,16,30H2,1,3-6H3,(H,34,37)(H,31,33,35)/b18-13+,22-14?. The quantitative estimate of drug-likeness (QED) is 0.215. The van der Waals surface area contributed by atoms with Crippen molar-refractivity contribution in [1.82, 2.24) is 20.6 Å². The molecule has 1 aromatic rings. The molecular weight excluding hydrogens is 476 g/mol. The van der Waals surface area contributed by atoms with Gasteiger partial charge in [0.05, 0.1) is 24.4 Å². The molecule has 37 heavy (non-hydrogen) atoms. The molecule has 0 bridgehead atoms. The molecule has 8 nitrogen and oxygen atoms in total. The molecule has 1 aromatic heterocycles. The summed E-state index contributed by atoms with van der Waals surface area (Å²) < 4.78 is 27.3. The van der Waals surface area contributed by atoms with Gasteiger partial charge >= 0.3 is 0 Å². The first-order chi connectivity index (χ1) is 17.5. The highest BCUT2D eigenvalue weighted by molar-refractivity contribution is 5.79. The van der Waals surface area contributed by atoms with E-state index in [1.807, 2.05) is 32.6 Å². The van der Waals surface area contributed by atoms with Gasteiger partial charge in [-0.15, -0.1) is 0 Å². The van der Waals surface area contributed by atoms with Crippen molar-refractivity contribution in [2.45, 2.75) is 91.0 Å². The van der Waals surface area contributed by atoms with Gasteiger partial charge in [-0.05, 0) is 78.0 Å². The molecule has 0 aromatic carbocycles. The number of allylic oxidation sites excluding steroid dienone is 4. The van der Waals surface area contributed by atoms with Crippen molar-refractivity contribution in [3.8, 4) is 0 Å². The Balaban J connectivity index is 2.26. The predicted molar refractivity (Wildman–Crippen MR) is 147 cm³/mol. The average Bonchev–Trinajstić information content (AvgIpc) is 2.84. The van der Waals surface area contributed by atoms with Gasteiger partial charge in [0.25, 0.3) is 0 Å². The highest BCUT2D eigenvalue weighted by Gasteiger charge is 2.31. The number of nitrogens with two attached hydrogens (primary N) is 1. The first-order valence-corrected chi connectivity index (χ1v) is 13.1. The number of amides is 1. The summed E-state index contributed by atoms with van der Waals surface area (Å²) in [5.41, 5.74) is 7.15. The van der Waals surface area contributed by atoms with Gasteiger partial charge in [-0.2, -0.15) is 4.98 Å². The number of alkyl halides is 1. The smallest absolute Gasteiger partial charge is 0.224 e. The summed E-state index contributed by atoms with van der Waals surface area (Å²) in [6.45, 7) is 13.2. The number of halogens is 2. The van der Waals surface area contributed by atoms with Gasteiger partial charge in [0.1, 0.15) is 6.17 Å². The number of hydrogen-bond acceptors (Lipinski definition) is 7. The Labute approximate surface area is 219 Å². The van der Waals surface area contributed by atoms with E-state index < -0.39 is 12.0 Å². The van der Waals surface area contributed by atoms with E-state index in [4.69, 9.17) is 5.73 Å². The molecule has 1 aliphatic carbocycles. The van der Waals surface area contributed by atoms with Crippen LogP contribution >= 0.6 is 0 Å². The van der Waals surface area contributed by atoms with Gasteiger partial charge in [0, 0.05) is 29.7 Å². The van der Waals surface area contributed by atoms with E-state index >= 15 is 0 Å². The molecule has 1 saturated carbocycles. The van der Waals surface area contributed by atoms with Crippen LogP contribution in [0.4, 0.5) is 26.2 Å². The van der Waals surface area contributed by atoms with E-state index in [9.17, 15) is 13.6 Å². The first-order valence-electron chi connectivity index (χ1n) is 13.1. The van der Waals surface area contributed by atoms with Crippen LogP contribution in [0.25, 0.3) is 0 Å². The Hall–Kier alpha value is -3.17. The second-order valence-corrected chi connectivity index (χ2v) is 9.92. The van der Waals surface area contributed by atoms with E-state index in [1.165, 1.54) is 19.1 Å². The van der Waals surface area contributed by atoms with Crippen LogP contribution in [0.3, 0.4) is 0 Å². The van der Waals surface area contributed by atoms with Crippen LogP contribution in [-0.4, -0.2) is 46.8 Å². The zero-order valence-corrected chi connectivity index (χ0v) is 22.7. The zero-order chi connectivity index (χ0) is 27.5. The lowest BCUT2D eigenvalue weighted by Gasteiger charge is -2.38. The third-order valence-corrected chi connectivity index (χ3v) is 6.40. The van der Waals surface area contributed by atoms with Crippen molar-refractivity contribution < 1.29 is 13.6 Å². The van der Waals surface area contributed by atoms with E-state index in [1.54, 1.807) is 6.20 Å². The van der Waals surface area contributed by atoms with Gasteiger partial charge in [-0.1, -0.05) is 13.5 Å². The Morgan fingerprint density at radius 2 is 1.95 bits per heavy atom. The van der Waals surface area contributed by atoms with Gasteiger partial charge in [-0.25, -0.2) is 13.8 Å². The molecule has 2 atom stereocenters. The Kier molecular flexibility index (Phi) is 11.8. The number of nitrogens with one attached hydrogen (secondary N) is 3. The van der Waals surface area contributed by atoms with Crippen molar-refractivity contribution >= 4 is 23.4 Å². The summed E-state index contributed by atoms with van der Waals surface area (Å²) >= 11 is 0. The van der Waals surface area contributed by atoms with Gasteiger partial charge in [0.2, 0.25) is 11.9 Å². The maximum Gasteiger partial charge on any atom is 0.224 e. The number of anilines is 3. The van der Waals surface area contributed by atoms with Crippen LogP contribution in [0.5, 0.6) is 0 Å². The zero-order valence-electron chi connectivity index (χ0n) is 22.7. The minimum Gasteiger partial charge on any atom is -0.394 e. The topological polar surface area (TPSA) is 108 Å². The monoisotopic (exact) mass is 519 g/mol. The number of rotatable bonds is 13. The fourth-order valence-electron chi connectivity index (χ4n) is 4.24. The number of carbonyl (C=O) groups is 1. The third-order valence-electron chi connectivity index (χ3n) is 6.40. The lowest BCUT2D eigenvalue weighted by molar-refractivity contribution is -0.126. The van der Waals surface area contributed by atoms with Gasteiger partial charge < -0.3 is 26.6 Å². The van der Waals surface area contributed by atoms with Crippen molar-refractivity contribution in [3.63, 3.8) is 0 Å². The summed E-state index contributed by atoms with van der Waals surface area (Å²) in [6.07, 6.45) is 7.51. The Morgan fingerprint density at radius 1 is 1.27 bits per heavy atom. The van der Waals surface area contributed by atoms with Crippen LogP contribution < -0.4 is 26.6 Å². The summed E-state index contributed by atoms with van der Waals surface area (Å²) in [5, 5.41) is 9.48. The van der Waals surface area contributed by atoms with Gasteiger partial charge in [0.15, 0.2) is 5.82 Å². The Bertz CT molecular complexity index is 954. The van der Waals surface area contributed by atoms with Crippen LogP contribution in [0.2, 0.25) is 0 Å². The van der Waals surface area contributed by atoms with E-state index in [2.05, 4.69) is 32.5 Å². The van der Waals surface area contributed by atoms with Crippen LogP contribution in [0, 0.1) is 5.92 Å². The number of nitrogen functional groups attached to an aromatic ring is 1. The molecule has 2 unspecified atom stereocenters. The van der Waals surface area contributed by atoms with Crippen molar-refractivity contribution in [1.29, 1.82) is 0 Å². The van der Waals surface area contributed by atoms with Crippen LogP contribution in [0.15, 0.2) is 42.5 Å². The summed E-state index contributed by atoms with van der Waals surface area (Å²) in [6, 6.07) is 0.328. The number of nitrogens with zero attached hydrogens (tertiary/aromatic N) is 3. The summed E-state index contributed by atoms with van der Waals surface area (Å²) in [5.74, 6) is 0.481. The highest BCUT2D eigenvalue weighted by atomic mass is 19.1. The molecule has 5 N–H and O–H groups in total. The van der Waals surface area contributed by atoms with Crippen LogP contribution in [0.1, 0.15) is 66.7 Å². The molecule has 1 aliphatic rings. The SMILES string of the molecule is C=CC(=CC(F)/C=C(\C)F)NCN(c1nc(NC(C)C)ncc1N)C1CCC(C(=O)NC(C)CC)CC1. The molecule has 0 radical (unpaired) electrons. The van der Waals surface area contributed by atoms with Crippen molar-refractivity contribution in [3.05, 3.63) is 42.5 Å². The molecular formula is C27H43F2N7O. The van der Waals surface area contributed by atoms with Crippen LogP contribution in [-0.2, 0) is 4.79 Å². The molecule has 0 saturated heterocycles. The normalized spacial score (nSPS) is 20.2. The van der Waals surface area contributed by atoms with E-state index in [-0.39, 0.29) is 36.6 Å². The summed E-state index contributed by atoms with van der Waals surface area (Å²) in [4.78, 5) is 23.7. The first kappa shape index (κ1) is 30.1. The fraction of sp³-hybridized carbons (Fsp3) is 0.593. The minimum atomic E-state index is -1.59. The minimum absolute atomic E-state index is 0.0346. The predicted octanol–water partition coefficient (Wildman–Crippen LogP) is 4.99. The maximum absolute atomic E-state index is 14.2. The Morgan fingerprint density at radius 3 is 2.51 bits per heavy atom. The highest BCUT2D eigenvalue weighted by Crippen LogP contribution is 2.32. The second kappa shape index (κ2) is 14.5.